The van der Waals surface area contributed by atoms with Gasteiger partial charge in [0, 0.05) is 20.5 Å². The summed E-state index contributed by atoms with van der Waals surface area (Å²) < 4.78 is 2.59. The molecular formula is C9H7BrS3. The molecule has 2 aromatic heterocycles. The zero-order valence-electron chi connectivity index (χ0n) is 6.70. The molecule has 2 rings (SSSR count). The summed E-state index contributed by atoms with van der Waals surface area (Å²) >= 11 is 8.97. The van der Waals surface area contributed by atoms with E-state index in [2.05, 4.69) is 44.9 Å². The maximum absolute atomic E-state index is 3.45. The molecule has 68 valence electrons. The van der Waals surface area contributed by atoms with Gasteiger partial charge in [0.05, 0.1) is 4.21 Å². The second-order valence-corrected chi connectivity index (χ2v) is 6.59. The van der Waals surface area contributed by atoms with Gasteiger partial charge in [0.2, 0.25) is 0 Å². The van der Waals surface area contributed by atoms with Gasteiger partial charge in [-0.05, 0) is 33.4 Å². The van der Waals surface area contributed by atoms with Gasteiger partial charge in [-0.2, -0.15) is 0 Å². The number of thiophene rings is 2. The number of halogens is 1. The molecule has 0 spiro atoms. The largest absolute Gasteiger partial charge is 0.147 e. The van der Waals surface area contributed by atoms with Crippen molar-refractivity contribution in [2.45, 2.75) is 9.96 Å². The number of hydrogen-bond acceptors (Lipinski definition) is 3. The Morgan fingerprint density at radius 2 is 2.31 bits per heavy atom. The topological polar surface area (TPSA) is 0 Å². The number of thioether (sulfide) groups is 1. The SMILES string of the molecule is Brc1csc(CSc2cccs2)c1. The molecular weight excluding hydrogens is 284 g/mol. The van der Waals surface area contributed by atoms with Gasteiger partial charge in [0.15, 0.2) is 0 Å². The maximum Gasteiger partial charge on any atom is 0.0602 e. The minimum atomic E-state index is 1.08. The predicted octanol–water partition coefficient (Wildman–Crippen LogP) is 4.86. The molecule has 0 aromatic carbocycles. The summed E-state index contributed by atoms with van der Waals surface area (Å²) in [5, 5.41) is 4.25. The van der Waals surface area contributed by atoms with Crippen molar-refractivity contribution < 1.29 is 0 Å². The molecule has 0 unspecified atom stereocenters. The Morgan fingerprint density at radius 3 is 2.92 bits per heavy atom. The van der Waals surface area contributed by atoms with Crippen molar-refractivity contribution in [3.63, 3.8) is 0 Å². The fraction of sp³-hybridized carbons (Fsp3) is 0.111. The third kappa shape index (κ3) is 2.84. The number of rotatable bonds is 3. The van der Waals surface area contributed by atoms with Crippen LogP contribution >= 0.6 is 50.4 Å². The van der Waals surface area contributed by atoms with Gasteiger partial charge in [-0.1, -0.05) is 6.07 Å². The van der Waals surface area contributed by atoms with Gasteiger partial charge in [-0.25, -0.2) is 0 Å². The second-order valence-electron chi connectivity index (χ2n) is 2.45. The molecule has 13 heavy (non-hydrogen) atoms. The Labute approximate surface area is 98.1 Å². The third-order valence-corrected chi connectivity index (χ3v) is 5.53. The van der Waals surface area contributed by atoms with Gasteiger partial charge >= 0.3 is 0 Å². The summed E-state index contributed by atoms with van der Waals surface area (Å²) in [6.45, 7) is 0. The zero-order chi connectivity index (χ0) is 9.10. The molecule has 0 nitrogen and oxygen atoms in total. The van der Waals surface area contributed by atoms with E-state index >= 15 is 0 Å². The van der Waals surface area contributed by atoms with E-state index in [1.54, 1.807) is 11.3 Å². The van der Waals surface area contributed by atoms with Crippen molar-refractivity contribution >= 4 is 50.4 Å². The minimum absolute atomic E-state index is 1.08. The first kappa shape index (κ1) is 9.77. The molecule has 4 heteroatoms. The normalized spacial score (nSPS) is 10.5. The minimum Gasteiger partial charge on any atom is -0.147 e. The van der Waals surface area contributed by atoms with Crippen LogP contribution in [0.5, 0.6) is 0 Å². The van der Waals surface area contributed by atoms with Crippen molar-refractivity contribution in [3.8, 4) is 0 Å². The van der Waals surface area contributed by atoms with Crippen LogP contribution in [-0.4, -0.2) is 0 Å². The van der Waals surface area contributed by atoms with Crippen LogP contribution < -0.4 is 0 Å². The van der Waals surface area contributed by atoms with Crippen molar-refractivity contribution in [2.24, 2.45) is 0 Å². The molecule has 2 aromatic rings. The quantitative estimate of drug-likeness (QED) is 0.727. The summed E-state index contributed by atoms with van der Waals surface area (Å²) in [6, 6.07) is 6.45. The highest BCUT2D eigenvalue weighted by Crippen LogP contribution is 2.30. The molecule has 0 saturated carbocycles. The number of hydrogen-bond donors (Lipinski definition) is 0. The van der Waals surface area contributed by atoms with Gasteiger partial charge in [0.1, 0.15) is 0 Å². The zero-order valence-corrected chi connectivity index (χ0v) is 10.7. The Hall–Kier alpha value is 0.230. The van der Waals surface area contributed by atoms with E-state index in [4.69, 9.17) is 0 Å². The lowest BCUT2D eigenvalue weighted by molar-refractivity contribution is 1.52. The average Bonchev–Trinajstić information content (AvgIpc) is 2.71. The van der Waals surface area contributed by atoms with E-state index in [9.17, 15) is 0 Å². The van der Waals surface area contributed by atoms with E-state index in [-0.39, 0.29) is 0 Å². The van der Waals surface area contributed by atoms with Gasteiger partial charge in [0.25, 0.3) is 0 Å². The lowest BCUT2D eigenvalue weighted by Gasteiger charge is -1.93. The van der Waals surface area contributed by atoms with E-state index < -0.39 is 0 Å². The predicted molar refractivity (Wildman–Crippen MR) is 65.9 cm³/mol. The Morgan fingerprint density at radius 1 is 1.38 bits per heavy atom. The van der Waals surface area contributed by atoms with Crippen molar-refractivity contribution in [2.75, 3.05) is 0 Å². The lowest BCUT2D eigenvalue weighted by Crippen LogP contribution is -1.69. The molecule has 0 saturated heterocycles. The van der Waals surface area contributed by atoms with Crippen LogP contribution in [0.25, 0.3) is 0 Å². The highest BCUT2D eigenvalue weighted by Gasteiger charge is 1.99. The molecule has 0 fully saturated rings. The Balaban J connectivity index is 1.93. The summed E-state index contributed by atoms with van der Waals surface area (Å²) in [5.41, 5.74) is 0. The Bertz CT molecular complexity index is 364. The highest BCUT2D eigenvalue weighted by molar-refractivity contribution is 9.10. The van der Waals surface area contributed by atoms with Crippen LogP contribution in [0.1, 0.15) is 4.88 Å². The standard InChI is InChI=1S/C9H7BrS3/c10-7-4-8(12-5-7)6-13-9-2-1-3-11-9/h1-5H,6H2. The fourth-order valence-corrected chi connectivity index (χ4v) is 4.21. The monoisotopic (exact) mass is 290 g/mol. The average molecular weight is 291 g/mol. The van der Waals surface area contributed by atoms with E-state index in [1.165, 1.54) is 13.6 Å². The van der Waals surface area contributed by atoms with E-state index in [1.807, 2.05) is 23.1 Å². The molecule has 0 aliphatic carbocycles. The third-order valence-electron chi connectivity index (χ3n) is 1.47. The van der Waals surface area contributed by atoms with Crippen molar-refractivity contribution in [3.05, 3.63) is 38.3 Å². The van der Waals surface area contributed by atoms with Gasteiger partial charge < -0.3 is 0 Å². The van der Waals surface area contributed by atoms with Crippen LogP contribution in [-0.2, 0) is 5.75 Å². The van der Waals surface area contributed by atoms with E-state index in [0.29, 0.717) is 0 Å². The molecule has 0 radical (unpaired) electrons. The summed E-state index contributed by atoms with van der Waals surface area (Å²) in [5.74, 6) is 1.08. The molecule has 2 heterocycles. The molecule has 0 bridgehead atoms. The van der Waals surface area contributed by atoms with Crippen LogP contribution in [0, 0.1) is 0 Å². The molecule has 0 N–H and O–H groups in total. The lowest BCUT2D eigenvalue weighted by atomic mass is 10.5. The van der Waals surface area contributed by atoms with Crippen molar-refractivity contribution in [1.82, 2.24) is 0 Å². The van der Waals surface area contributed by atoms with Crippen LogP contribution in [0.2, 0.25) is 0 Å². The first-order valence-corrected chi connectivity index (χ1v) is 7.27. The smallest absolute Gasteiger partial charge is 0.0602 e. The van der Waals surface area contributed by atoms with E-state index in [0.717, 1.165) is 5.75 Å². The van der Waals surface area contributed by atoms with Gasteiger partial charge in [-0.15, -0.1) is 34.4 Å². The fourth-order valence-electron chi connectivity index (χ4n) is 0.917. The molecule has 0 amide bonds. The van der Waals surface area contributed by atoms with Gasteiger partial charge in [-0.3, -0.25) is 0 Å². The van der Waals surface area contributed by atoms with Crippen LogP contribution in [0.3, 0.4) is 0 Å². The molecule has 0 atom stereocenters. The summed E-state index contributed by atoms with van der Waals surface area (Å²) in [4.78, 5) is 1.42. The molecule has 0 aliphatic rings. The summed E-state index contributed by atoms with van der Waals surface area (Å²) in [6.07, 6.45) is 0. The second kappa shape index (κ2) is 4.64. The summed E-state index contributed by atoms with van der Waals surface area (Å²) in [7, 11) is 0. The maximum atomic E-state index is 3.45. The van der Waals surface area contributed by atoms with Crippen LogP contribution in [0.4, 0.5) is 0 Å². The Kier molecular flexibility index (Phi) is 3.49. The van der Waals surface area contributed by atoms with Crippen molar-refractivity contribution in [1.29, 1.82) is 0 Å². The molecule has 0 aliphatic heterocycles. The highest BCUT2D eigenvalue weighted by atomic mass is 79.9. The first-order valence-electron chi connectivity index (χ1n) is 3.74. The first-order chi connectivity index (χ1) is 6.34. The van der Waals surface area contributed by atoms with Crippen LogP contribution in [0.15, 0.2) is 37.6 Å².